The molecule has 0 radical (unpaired) electrons. The number of benzene rings is 1. The number of nitrogens with one attached hydrogen (secondary N) is 2. The van der Waals surface area contributed by atoms with Crippen LogP contribution in [0, 0.1) is 0 Å². The SMILES string of the molecule is O=C(CN1C(=O)N[C@@]2(CCSC2)C1=O)NCc1ccc2c(c1)OCO2. The molecule has 0 unspecified atom stereocenters. The van der Waals surface area contributed by atoms with Gasteiger partial charge in [-0.1, -0.05) is 6.07 Å². The molecule has 8 nitrogen and oxygen atoms in total. The zero-order valence-corrected chi connectivity index (χ0v) is 14.2. The highest BCUT2D eigenvalue weighted by atomic mass is 32.2. The van der Waals surface area contributed by atoms with Crippen LogP contribution in [0.3, 0.4) is 0 Å². The van der Waals surface area contributed by atoms with Crippen molar-refractivity contribution in [2.75, 3.05) is 24.8 Å². The van der Waals surface area contributed by atoms with E-state index in [0.717, 1.165) is 16.2 Å². The summed E-state index contributed by atoms with van der Waals surface area (Å²) in [4.78, 5) is 37.7. The molecule has 132 valence electrons. The molecular weight excluding hydrogens is 346 g/mol. The number of imide groups is 1. The standard InChI is InChI=1S/C16H17N3O5S/c20-13(17-6-10-1-2-11-12(5-10)24-9-23-11)7-19-14(21)16(18-15(19)22)3-4-25-8-16/h1-2,5H,3-4,6-9H2,(H,17,20)(H,18,22)/t16-/m1/s1. The third kappa shape index (κ3) is 2.88. The average molecular weight is 363 g/mol. The lowest BCUT2D eigenvalue weighted by Gasteiger charge is -2.19. The minimum atomic E-state index is -0.820. The number of fused-ring (bicyclic) bond motifs is 1. The maximum Gasteiger partial charge on any atom is 0.325 e. The van der Waals surface area contributed by atoms with E-state index >= 15 is 0 Å². The van der Waals surface area contributed by atoms with Gasteiger partial charge in [-0.2, -0.15) is 11.8 Å². The maximum absolute atomic E-state index is 12.5. The van der Waals surface area contributed by atoms with Crippen molar-refractivity contribution in [1.29, 1.82) is 0 Å². The van der Waals surface area contributed by atoms with Gasteiger partial charge in [0.15, 0.2) is 11.5 Å². The predicted molar refractivity (Wildman–Crippen MR) is 89.3 cm³/mol. The third-order valence-electron chi connectivity index (χ3n) is 4.50. The second-order valence-electron chi connectivity index (χ2n) is 6.17. The largest absolute Gasteiger partial charge is 0.454 e. The average Bonchev–Trinajstić information content (AvgIpc) is 3.30. The predicted octanol–water partition coefficient (Wildman–Crippen LogP) is 0.459. The summed E-state index contributed by atoms with van der Waals surface area (Å²) in [5.41, 5.74) is 0.0257. The highest BCUT2D eigenvalue weighted by Crippen LogP contribution is 2.33. The van der Waals surface area contributed by atoms with Crippen LogP contribution in [0.15, 0.2) is 18.2 Å². The summed E-state index contributed by atoms with van der Waals surface area (Å²) in [6.45, 7) is 0.194. The fourth-order valence-electron chi connectivity index (χ4n) is 3.10. The van der Waals surface area contributed by atoms with Crippen LogP contribution in [0.25, 0.3) is 0 Å². The number of hydrogen-bond donors (Lipinski definition) is 2. The molecule has 9 heteroatoms. The van der Waals surface area contributed by atoms with Gasteiger partial charge < -0.3 is 20.1 Å². The molecule has 1 aromatic carbocycles. The van der Waals surface area contributed by atoms with Crippen LogP contribution in [0.1, 0.15) is 12.0 Å². The number of amides is 4. The van der Waals surface area contributed by atoms with E-state index in [1.165, 1.54) is 0 Å². The van der Waals surface area contributed by atoms with Gasteiger partial charge in [-0.25, -0.2) is 4.79 Å². The molecule has 2 N–H and O–H groups in total. The molecule has 1 atom stereocenters. The summed E-state index contributed by atoms with van der Waals surface area (Å²) in [5, 5.41) is 5.47. The van der Waals surface area contributed by atoms with Gasteiger partial charge in [0.2, 0.25) is 12.7 Å². The van der Waals surface area contributed by atoms with Crippen LogP contribution in [-0.4, -0.2) is 53.1 Å². The van der Waals surface area contributed by atoms with Crippen molar-refractivity contribution < 1.29 is 23.9 Å². The number of urea groups is 1. The van der Waals surface area contributed by atoms with E-state index in [4.69, 9.17) is 9.47 Å². The van der Waals surface area contributed by atoms with Gasteiger partial charge in [0.1, 0.15) is 12.1 Å². The van der Waals surface area contributed by atoms with E-state index in [2.05, 4.69) is 10.6 Å². The maximum atomic E-state index is 12.5. The molecule has 0 saturated carbocycles. The smallest absolute Gasteiger partial charge is 0.325 e. The van der Waals surface area contributed by atoms with E-state index in [0.29, 0.717) is 23.7 Å². The number of hydrogen-bond acceptors (Lipinski definition) is 6. The normalized spacial score (nSPS) is 24.1. The van der Waals surface area contributed by atoms with Crippen molar-refractivity contribution in [1.82, 2.24) is 15.5 Å². The Labute approximate surface area is 148 Å². The first kappa shape index (κ1) is 16.1. The number of ether oxygens (including phenoxy) is 2. The summed E-state index contributed by atoms with van der Waals surface area (Å²) in [6, 6.07) is 4.90. The van der Waals surface area contributed by atoms with Gasteiger partial charge in [0.25, 0.3) is 5.91 Å². The molecule has 1 aromatic rings. The lowest BCUT2D eigenvalue weighted by atomic mass is 9.99. The Kier molecular flexibility index (Phi) is 3.95. The van der Waals surface area contributed by atoms with Crippen LogP contribution in [0.2, 0.25) is 0 Å². The van der Waals surface area contributed by atoms with Crippen LogP contribution >= 0.6 is 11.8 Å². The second kappa shape index (κ2) is 6.14. The first-order chi connectivity index (χ1) is 12.1. The molecule has 0 aromatic heterocycles. The molecule has 2 fully saturated rings. The van der Waals surface area contributed by atoms with Crippen LogP contribution in [-0.2, 0) is 16.1 Å². The monoisotopic (exact) mass is 363 g/mol. The van der Waals surface area contributed by atoms with Gasteiger partial charge in [0, 0.05) is 12.3 Å². The molecule has 4 amide bonds. The molecule has 4 rings (SSSR count). The first-order valence-corrected chi connectivity index (χ1v) is 9.10. The minimum absolute atomic E-state index is 0.192. The van der Waals surface area contributed by atoms with Crippen molar-refractivity contribution >= 4 is 29.6 Å². The minimum Gasteiger partial charge on any atom is -0.454 e. The Morgan fingerprint density at radius 1 is 1.32 bits per heavy atom. The zero-order chi connectivity index (χ0) is 17.4. The number of rotatable bonds is 4. The van der Waals surface area contributed by atoms with Crippen molar-refractivity contribution in [3.63, 3.8) is 0 Å². The Bertz CT molecular complexity index is 747. The molecule has 3 aliphatic rings. The van der Waals surface area contributed by atoms with Crippen molar-refractivity contribution in [2.24, 2.45) is 0 Å². The van der Waals surface area contributed by atoms with E-state index < -0.39 is 11.6 Å². The number of nitrogens with zero attached hydrogens (tertiary/aromatic N) is 1. The fourth-order valence-corrected chi connectivity index (χ4v) is 4.43. The Morgan fingerprint density at radius 2 is 2.16 bits per heavy atom. The molecule has 3 aliphatic heterocycles. The first-order valence-electron chi connectivity index (χ1n) is 7.94. The Hall–Kier alpha value is -2.42. The van der Waals surface area contributed by atoms with Gasteiger partial charge >= 0.3 is 6.03 Å². The molecule has 0 bridgehead atoms. The van der Waals surface area contributed by atoms with Gasteiger partial charge in [0.05, 0.1) is 0 Å². The van der Waals surface area contributed by atoms with E-state index in [1.807, 2.05) is 6.07 Å². The van der Waals surface area contributed by atoms with Gasteiger partial charge in [-0.3, -0.25) is 14.5 Å². The molecule has 1 spiro atoms. The van der Waals surface area contributed by atoms with Gasteiger partial charge in [-0.05, 0) is 29.9 Å². The van der Waals surface area contributed by atoms with Crippen LogP contribution < -0.4 is 20.1 Å². The van der Waals surface area contributed by atoms with Crippen LogP contribution in [0.4, 0.5) is 4.79 Å². The summed E-state index contributed by atoms with van der Waals surface area (Å²) < 4.78 is 10.5. The Balaban J connectivity index is 1.34. The number of carbonyl (C=O) groups excluding carboxylic acids is 3. The highest BCUT2D eigenvalue weighted by molar-refractivity contribution is 7.99. The summed E-state index contributed by atoms with van der Waals surface area (Å²) in [5.74, 6) is 2.02. The third-order valence-corrected chi connectivity index (χ3v) is 5.69. The topological polar surface area (TPSA) is 97.0 Å². The van der Waals surface area contributed by atoms with E-state index in [-0.39, 0.29) is 31.7 Å². The summed E-state index contributed by atoms with van der Waals surface area (Å²) in [7, 11) is 0. The number of thioether (sulfide) groups is 1. The zero-order valence-electron chi connectivity index (χ0n) is 13.4. The lowest BCUT2D eigenvalue weighted by Crippen LogP contribution is -2.47. The molecule has 25 heavy (non-hydrogen) atoms. The molecular formula is C16H17N3O5S. The van der Waals surface area contributed by atoms with Crippen molar-refractivity contribution in [3.05, 3.63) is 23.8 Å². The van der Waals surface area contributed by atoms with Gasteiger partial charge in [-0.15, -0.1) is 0 Å². The number of carbonyl (C=O) groups is 3. The highest BCUT2D eigenvalue weighted by Gasteiger charge is 2.53. The van der Waals surface area contributed by atoms with Crippen molar-refractivity contribution in [3.8, 4) is 11.5 Å². The fraction of sp³-hybridized carbons (Fsp3) is 0.438. The lowest BCUT2D eigenvalue weighted by molar-refractivity contribution is -0.134. The molecule has 0 aliphatic carbocycles. The van der Waals surface area contributed by atoms with Crippen molar-refractivity contribution in [2.45, 2.75) is 18.5 Å². The summed E-state index contributed by atoms with van der Waals surface area (Å²) >= 11 is 1.63. The second-order valence-corrected chi connectivity index (χ2v) is 7.28. The Morgan fingerprint density at radius 3 is 2.96 bits per heavy atom. The van der Waals surface area contributed by atoms with E-state index in [1.54, 1.807) is 23.9 Å². The molecule has 2 saturated heterocycles. The van der Waals surface area contributed by atoms with Crippen LogP contribution in [0.5, 0.6) is 11.5 Å². The molecule has 3 heterocycles. The quantitative estimate of drug-likeness (QED) is 0.755. The van der Waals surface area contributed by atoms with E-state index in [9.17, 15) is 14.4 Å². The summed E-state index contributed by atoms with van der Waals surface area (Å²) in [6.07, 6.45) is 0.609.